The summed E-state index contributed by atoms with van der Waals surface area (Å²) in [6, 6.07) is 18.9. The Morgan fingerprint density at radius 2 is 1.03 bits per heavy atom. The van der Waals surface area contributed by atoms with Gasteiger partial charge < -0.3 is 0 Å². The van der Waals surface area contributed by atoms with Crippen LogP contribution in [0.2, 0.25) is 0 Å². The molecular formula is C29H35N3. The van der Waals surface area contributed by atoms with Gasteiger partial charge >= 0.3 is 0 Å². The predicted octanol–water partition coefficient (Wildman–Crippen LogP) is 8.23. The Kier molecular flexibility index (Phi) is 7.40. The first-order valence-corrected chi connectivity index (χ1v) is 11.5. The average Bonchev–Trinajstić information content (AvgIpc) is 2.76. The lowest BCUT2D eigenvalue weighted by atomic mass is 9.93. The first-order chi connectivity index (χ1) is 15.2. The molecule has 2 aromatic carbocycles. The number of hydrogen-bond donors (Lipinski definition) is 0. The Morgan fingerprint density at radius 1 is 0.625 bits per heavy atom. The van der Waals surface area contributed by atoms with Crippen LogP contribution < -0.4 is 0 Å². The highest BCUT2D eigenvalue weighted by atomic mass is 14.8. The second-order valence-corrected chi connectivity index (χ2v) is 9.14. The van der Waals surface area contributed by atoms with Gasteiger partial charge in [-0.25, -0.2) is 4.98 Å². The van der Waals surface area contributed by atoms with Gasteiger partial charge in [0.15, 0.2) is 0 Å². The van der Waals surface area contributed by atoms with Gasteiger partial charge in [0.1, 0.15) is 0 Å². The van der Waals surface area contributed by atoms with Gasteiger partial charge in [-0.3, -0.25) is 9.98 Å². The molecule has 0 aliphatic carbocycles. The summed E-state index contributed by atoms with van der Waals surface area (Å²) in [6.07, 6.45) is 0. The Morgan fingerprint density at radius 3 is 1.50 bits per heavy atom. The fourth-order valence-electron chi connectivity index (χ4n) is 3.91. The number of aliphatic imine (C=N–C) groups is 2. The van der Waals surface area contributed by atoms with Crippen LogP contribution in [0, 0.1) is 13.8 Å². The molecule has 0 radical (unpaired) electrons. The molecular weight excluding hydrogens is 390 g/mol. The quantitative estimate of drug-likeness (QED) is 0.366. The van der Waals surface area contributed by atoms with Crippen molar-refractivity contribution in [1.29, 1.82) is 0 Å². The van der Waals surface area contributed by atoms with Gasteiger partial charge in [-0.1, -0.05) is 70.2 Å². The van der Waals surface area contributed by atoms with E-state index in [-0.39, 0.29) is 0 Å². The molecule has 32 heavy (non-hydrogen) atoms. The summed E-state index contributed by atoms with van der Waals surface area (Å²) < 4.78 is 0. The molecule has 3 aromatic rings. The number of nitrogens with zero attached hydrogens (tertiary/aromatic N) is 3. The molecule has 1 heterocycles. The molecule has 3 rings (SSSR count). The molecule has 0 aliphatic heterocycles. The molecule has 0 unspecified atom stereocenters. The van der Waals surface area contributed by atoms with Crippen LogP contribution in [-0.2, 0) is 0 Å². The number of aromatic nitrogens is 1. The van der Waals surface area contributed by atoms with E-state index < -0.39 is 0 Å². The van der Waals surface area contributed by atoms with Crippen molar-refractivity contribution in [2.45, 2.75) is 67.2 Å². The van der Waals surface area contributed by atoms with Crippen molar-refractivity contribution >= 4 is 22.8 Å². The minimum Gasteiger partial charge on any atom is -0.251 e. The van der Waals surface area contributed by atoms with Gasteiger partial charge in [0.2, 0.25) is 0 Å². The molecule has 166 valence electrons. The minimum atomic E-state index is 0.409. The number of benzene rings is 2. The number of aryl methyl sites for hydroxylation is 2. The Bertz CT molecular complexity index is 1120. The van der Waals surface area contributed by atoms with E-state index in [1.165, 1.54) is 22.3 Å². The van der Waals surface area contributed by atoms with Crippen LogP contribution in [-0.4, -0.2) is 16.4 Å². The van der Waals surface area contributed by atoms with Crippen molar-refractivity contribution in [3.8, 4) is 0 Å². The zero-order valence-corrected chi connectivity index (χ0v) is 20.7. The summed E-state index contributed by atoms with van der Waals surface area (Å²) in [4.78, 5) is 14.9. The molecule has 0 spiro atoms. The first kappa shape index (κ1) is 23.6. The van der Waals surface area contributed by atoms with Crippen molar-refractivity contribution < 1.29 is 0 Å². The van der Waals surface area contributed by atoms with E-state index >= 15 is 0 Å². The molecule has 0 atom stereocenters. The normalized spacial score (nSPS) is 12.7. The van der Waals surface area contributed by atoms with Crippen LogP contribution in [0.3, 0.4) is 0 Å². The molecule has 0 saturated heterocycles. The molecule has 0 aliphatic rings. The molecule has 0 N–H and O–H groups in total. The molecule has 0 fully saturated rings. The molecule has 0 saturated carbocycles. The van der Waals surface area contributed by atoms with E-state index in [1.807, 2.05) is 32.0 Å². The topological polar surface area (TPSA) is 37.6 Å². The summed E-state index contributed by atoms with van der Waals surface area (Å²) >= 11 is 0. The molecule has 0 amide bonds. The monoisotopic (exact) mass is 425 g/mol. The van der Waals surface area contributed by atoms with E-state index in [0.717, 1.165) is 34.2 Å². The van der Waals surface area contributed by atoms with E-state index in [1.54, 1.807) is 0 Å². The van der Waals surface area contributed by atoms with E-state index in [2.05, 4.69) is 77.9 Å². The average molecular weight is 426 g/mol. The van der Waals surface area contributed by atoms with Crippen molar-refractivity contribution in [2.24, 2.45) is 9.98 Å². The fourth-order valence-corrected chi connectivity index (χ4v) is 3.91. The third-order valence-corrected chi connectivity index (χ3v) is 5.83. The van der Waals surface area contributed by atoms with E-state index in [4.69, 9.17) is 15.0 Å². The van der Waals surface area contributed by atoms with Crippen molar-refractivity contribution in [3.63, 3.8) is 0 Å². The Hall–Kier alpha value is -3.07. The fraction of sp³-hybridized carbons (Fsp3) is 0.345. The number of para-hydroxylation sites is 2. The smallest absolute Gasteiger partial charge is 0.0849 e. The summed E-state index contributed by atoms with van der Waals surface area (Å²) in [5.74, 6) is 0.817. The van der Waals surface area contributed by atoms with Crippen molar-refractivity contribution in [3.05, 3.63) is 88.2 Å². The second kappa shape index (κ2) is 10.0. The number of rotatable bonds is 6. The van der Waals surface area contributed by atoms with Crippen LogP contribution in [0.25, 0.3) is 0 Å². The number of hydrogen-bond acceptors (Lipinski definition) is 3. The first-order valence-electron chi connectivity index (χ1n) is 11.5. The van der Waals surface area contributed by atoms with Gasteiger partial charge in [-0.05, 0) is 73.9 Å². The van der Waals surface area contributed by atoms with Crippen LogP contribution >= 0.6 is 0 Å². The lowest BCUT2D eigenvalue weighted by Crippen LogP contribution is -2.06. The SMILES string of the molecule is C/C(=N\c1c(C)cccc1C)c1cccc(/C(C)=N/c2c(C(C)C)cccc2C(C)C)n1. The standard InChI is InChI=1S/C29H35N3/c1-18(2)24-14-10-15-25(19(3)4)29(24)31-23(8)27-17-11-16-26(32-27)22(7)30-28-20(5)12-9-13-21(28)6/h9-19H,1-8H3/b30-22+,31-23+. The van der Waals surface area contributed by atoms with E-state index in [0.29, 0.717) is 11.8 Å². The van der Waals surface area contributed by atoms with Crippen LogP contribution in [0.5, 0.6) is 0 Å². The lowest BCUT2D eigenvalue weighted by molar-refractivity contribution is 0.834. The molecule has 0 bridgehead atoms. The largest absolute Gasteiger partial charge is 0.251 e. The van der Waals surface area contributed by atoms with Gasteiger partial charge in [0, 0.05) is 0 Å². The maximum absolute atomic E-state index is 5.10. The molecule has 3 heteroatoms. The van der Waals surface area contributed by atoms with E-state index in [9.17, 15) is 0 Å². The number of pyridine rings is 1. The Balaban J connectivity index is 2.04. The Labute approximate surface area is 193 Å². The summed E-state index contributed by atoms with van der Waals surface area (Å²) in [5.41, 5.74) is 10.6. The van der Waals surface area contributed by atoms with Crippen molar-refractivity contribution in [1.82, 2.24) is 4.98 Å². The highest BCUT2D eigenvalue weighted by Crippen LogP contribution is 2.35. The molecule has 1 aromatic heterocycles. The minimum absolute atomic E-state index is 0.409. The maximum atomic E-state index is 5.10. The van der Waals surface area contributed by atoms with Crippen molar-refractivity contribution in [2.75, 3.05) is 0 Å². The van der Waals surface area contributed by atoms with Gasteiger partial charge in [0.25, 0.3) is 0 Å². The third-order valence-electron chi connectivity index (χ3n) is 5.83. The third kappa shape index (κ3) is 5.21. The van der Waals surface area contributed by atoms with Crippen LogP contribution in [0.1, 0.15) is 87.0 Å². The van der Waals surface area contributed by atoms with Crippen LogP contribution in [0.4, 0.5) is 11.4 Å². The predicted molar refractivity (Wildman–Crippen MR) is 139 cm³/mol. The van der Waals surface area contributed by atoms with Gasteiger partial charge in [-0.15, -0.1) is 0 Å². The van der Waals surface area contributed by atoms with Gasteiger partial charge in [-0.2, -0.15) is 0 Å². The van der Waals surface area contributed by atoms with Crippen LogP contribution in [0.15, 0.2) is 64.6 Å². The maximum Gasteiger partial charge on any atom is 0.0849 e. The summed E-state index contributed by atoms with van der Waals surface area (Å²) in [6.45, 7) is 17.2. The molecule has 3 nitrogen and oxygen atoms in total. The zero-order valence-electron chi connectivity index (χ0n) is 20.7. The summed E-state index contributed by atoms with van der Waals surface area (Å²) in [7, 11) is 0. The van der Waals surface area contributed by atoms with Gasteiger partial charge in [0.05, 0.1) is 34.2 Å². The lowest BCUT2D eigenvalue weighted by Gasteiger charge is -2.17. The highest BCUT2D eigenvalue weighted by molar-refractivity contribution is 6.02. The zero-order chi connectivity index (χ0) is 23.4. The summed E-state index contributed by atoms with van der Waals surface area (Å²) in [5, 5.41) is 0. The second-order valence-electron chi connectivity index (χ2n) is 9.14. The highest BCUT2D eigenvalue weighted by Gasteiger charge is 2.14.